The number of ether oxygens (including phenoxy) is 2. The number of pyridine rings is 1. The molecule has 1 aromatic heterocycles. The Labute approximate surface area is 195 Å². The molecule has 172 valence electrons. The van der Waals surface area contributed by atoms with Crippen molar-refractivity contribution in [3.8, 4) is 11.5 Å². The number of rotatable bonds is 6. The van der Waals surface area contributed by atoms with Crippen molar-refractivity contribution in [3.63, 3.8) is 0 Å². The summed E-state index contributed by atoms with van der Waals surface area (Å²) < 4.78 is 25.6. The van der Waals surface area contributed by atoms with E-state index in [1.165, 1.54) is 12.1 Å². The predicted octanol–water partition coefficient (Wildman–Crippen LogP) is 4.81. The number of para-hydroxylation sites is 1. The Hall–Kier alpha value is -3.36. The summed E-state index contributed by atoms with van der Waals surface area (Å²) in [6.45, 7) is 3.52. The topological polar surface area (TPSA) is 83.9 Å². The summed E-state index contributed by atoms with van der Waals surface area (Å²) in [5.74, 6) is -0.168. The van der Waals surface area contributed by atoms with Gasteiger partial charge < -0.3 is 24.8 Å². The van der Waals surface area contributed by atoms with Gasteiger partial charge in [0.1, 0.15) is 6.61 Å². The van der Waals surface area contributed by atoms with Gasteiger partial charge in [0, 0.05) is 18.0 Å². The van der Waals surface area contributed by atoms with E-state index in [9.17, 15) is 14.3 Å². The number of amides is 1. The molecule has 0 spiro atoms. The third kappa shape index (κ3) is 4.72. The number of nitrogens with one attached hydrogen (secondary N) is 1. The Morgan fingerprint density at radius 2 is 2.15 bits per heavy atom. The lowest BCUT2D eigenvalue weighted by atomic mass is 10.1. The van der Waals surface area contributed by atoms with Crippen molar-refractivity contribution in [1.29, 1.82) is 0 Å². The van der Waals surface area contributed by atoms with Crippen LogP contribution in [0.25, 0.3) is 0 Å². The largest absolute Gasteiger partial charge is 0.488 e. The molecular weight excluding hydrogens is 449 g/mol. The Bertz CT molecular complexity index is 1170. The number of aliphatic hydroxyl groups excluding tert-OH is 1. The summed E-state index contributed by atoms with van der Waals surface area (Å²) in [4.78, 5) is 19.2. The van der Waals surface area contributed by atoms with E-state index in [0.717, 1.165) is 0 Å². The fourth-order valence-electron chi connectivity index (χ4n) is 3.60. The second-order valence-electron chi connectivity index (χ2n) is 7.75. The molecule has 0 saturated carbocycles. The van der Waals surface area contributed by atoms with Gasteiger partial charge in [-0.15, -0.1) is 0 Å². The number of nitrogens with zero attached hydrogens (tertiary/aromatic N) is 2. The van der Waals surface area contributed by atoms with Crippen molar-refractivity contribution in [1.82, 2.24) is 4.98 Å². The first-order valence-electron chi connectivity index (χ1n) is 10.4. The van der Waals surface area contributed by atoms with E-state index in [-0.39, 0.29) is 36.3 Å². The van der Waals surface area contributed by atoms with Crippen LogP contribution < -0.4 is 19.7 Å². The molecule has 9 heteroatoms. The first kappa shape index (κ1) is 22.8. The smallest absolute Gasteiger partial charge is 0.259 e. The van der Waals surface area contributed by atoms with E-state index >= 15 is 0 Å². The third-order valence-electron chi connectivity index (χ3n) is 5.01. The molecule has 2 heterocycles. The average molecular weight is 472 g/mol. The molecule has 3 aromatic rings. The number of anilines is 3. The number of aliphatic hydroxyl groups is 1. The van der Waals surface area contributed by atoms with Gasteiger partial charge in [0.15, 0.2) is 23.1 Å². The van der Waals surface area contributed by atoms with E-state index in [1.807, 2.05) is 0 Å². The van der Waals surface area contributed by atoms with Gasteiger partial charge in [-0.25, -0.2) is 9.37 Å². The molecule has 0 fully saturated rings. The maximum Gasteiger partial charge on any atom is 0.259 e. The summed E-state index contributed by atoms with van der Waals surface area (Å²) in [7, 11) is 0. The Kier molecular flexibility index (Phi) is 6.67. The van der Waals surface area contributed by atoms with Crippen LogP contribution in [0.2, 0.25) is 5.02 Å². The van der Waals surface area contributed by atoms with E-state index < -0.39 is 17.8 Å². The molecule has 1 atom stereocenters. The predicted molar refractivity (Wildman–Crippen MR) is 124 cm³/mol. The molecule has 1 aliphatic heterocycles. The van der Waals surface area contributed by atoms with Crippen LogP contribution in [0.15, 0.2) is 54.7 Å². The number of benzene rings is 2. The molecule has 2 aromatic carbocycles. The first-order chi connectivity index (χ1) is 15.9. The fourth-order valence-corrected chi connectivity index (χ4v) is 3.81. The van der Waals surface area contributed by atoms with Gasteiger partial charge >= 0.3 is 0 Å². The second-order valence-corrected chi connectivity index (χ2v) is 8.15. The molecule has 2 N–H and O–H groups in total. The summed E-state index contributed by atoms with van der Waals surface area (Å²) in [6, 6.07) is 12.3. The monoisotopic (exact) mass is 471 g/mol. The molecule has 33 heavy (non-hydrogen) atoms. The normalized spacial score (nSPS) is 15.1. The molecule has 0 bridgehead atoms. The van der Waals surface area contributed by atoms with Crippen LogP contribution in [0.5, 0.6) is 11.5 Å². The molecule has 0 radical (unpaired) electrons. The highest BCUT2D eigenvalue weighted by atomic mass is 35.5. The van der Waals surface area contributed by atoms with Crippen LogP contribution in [0, 0.1) is 5.82 Å². The van der Waals surface area contributed by atoms with Gasteiger partial charge in [-0.1, -0.05) is 17.7 Å². The number of hydrogen-bond donors (Lipinski definition) is 2. The fraction of sp³-hybridized carbons (Fsp3) is 0.250. The Morgan fingerprint density at radius 1 is 1.33 bits per heavy atom. The van der Waals surface area contributed by atoms with E-state index in [1.54, 1.807) is 61.3 Å². The minimum atomic E-state index is -0.574. The van der Waals surface area contributed by atoms with Crippen molar-refractivity contribution in [2.75, 3.05) is 23.4 Å². The van der Waals surface area contributed by atoms with E-state index in [2.05, 4.69) is 10.3 Å². The van der Waals surface area contributed by atoms with E-state index in [4.69, 9.17) is 21.1 Å². The Balaban J connectivity index is 1.66. The van der Waals surface area contributed by atoms with Gasteiger partial charge in [-0.3, -0.25) is 4.79 Å². The number of hydrogen-bond acceptors (Lipinski definition) is 6. The lowest BCUT2D eigenvalue weighted by molar-refractivity contribution is 0.102. The van der Waals surface area contributed by atoms with Crippen LogP contribution in [0.3, 0.4) is 0 Å². The van der Waals surface area contributed by atoms with Crippen LogP contribution in [-0.4, -0.2) is 41.4 Å². The van der Waals surface area contributed by atoms with Crippen molar-refractivity contribution in [3.05, 3.63) is 71.1 Å². The van der Waals surface area contributed by atoms with Crippen LogP contribution in [0.4, 0.5) is 21.6 Å². The number of aromatic nitrogens is 1. The highest BCUT2D eigenvalue weighted by Crippen LogP contribution is 2.42. The van der Waals surface area contributed by atoms with Crippen LogP contribution >= 0.6 is 11.6 Å². The van der Waals surface area contributed by atoms with Crippen LogP contribution in [-0.2, 0) is 0 Å². The molecule has 0 saturated heterocycles. The van der Waals surface area contributed by atoms with Crippen molar-refractivity contribution < 1.29 is 23.8 Å². The van der Waals surface area contributed by atoms with Gasteiger partial charge in [0.25, 0.3) is 5.91 Å². The first-order valence-corrected chi connectivity index (χ1v) is 10.8. The average Bonchev–Trinajstić information content (AvgIpc) is 2.80. The number of fused-ring (bicyclic) bond motifs is 1. The molecule has 1 aliphatic rings. The molecule has 7 nitrogen and oxygen atoms in total. The zero-order valence-electron chi connectivity index (χ0n) is 18.1. The highest BCUT2D eigenvalue weighted by molar-refractivity contribution is 6.33. The maximum atomic E-state index is 14.3. The summed E-state index contributed by atoms with van der Waals surface area (Å²) >= 11 is 6.36. The zero-order chi connectivity index (χ0) is 23.5. The van der Waals surface area contributed by atoms with Gasteiger partial charge in [0.05, 0.1) is 35.0 Å². The summed E-state index contributed by atoms with van der Waals surface area (Å²) in [6.07, 6.45) is 1.42. The van der Waals surface area contributed by atoms with Gasteiger partial charge in [-0.05, 0) is 50.2 Å². The number of halogens is 2. The summed E-state index contributed by atoms with van der Waals surface area (Å²) in [5, 5.41) is 13.0. The quantitative estimate of drug-likeness (QED) is 0.537. The molecular formula is C24H23ClFN3O4. The highest BCUT2D eigenvalue weighted by Gasteiger charge is 2.33. The lowest BCUT2D eigenvalue weighted by Crippen LogP contribution is -2.43. The second kappa shape index (κ2) is 9.64. The van der Waals surface area contributed by atoms with Gasteiger partial charge in [-0.2, -0.15) is 0 Å². The zero-order valence-corrected chi connectivity index (χ0v) is 18.8. The Morgan fingerprint density at radius 3 is 2.85 bits per heavy atom. The molecule has 4 rings (SSSR count). The minimum absolute atomic E-state index is 0.112. The number of carbonyl (C=O) groups excluding carboxylic acids is 1. The van der Waals surface area contributed by atoms with Crippen molar-refractivity contribution in [2.24, 2.45) is 0 Å². The number of carbonyl (C=O) groups is 1. The van der Waals surface area contributed by atoms with Gasteiger partial charge in [0.2, 0.25) is 0 Å². The summed E-state index contributed by atoms with van der Waals surface area (Å²) in [5.41, 5.74) is 1.07. The lowest BCUT2D eigenvalue weighted by Gasteiger charge is -2.37. The molecule has 1 amide bonds. The van der Waals surface area contributed by atoms with E-state index in [0.29, 0.717) is 22.3 Å². The van der Waals surface area contributed by atoms with Crippen molar-refractivity contribution >= 4 is 34.7 Å². The standard InChI is InChI=1S/C24H23ClFN3O4/c1-14(2)33-21-9-8-15(11-19(21)26)28-24(31)17-5-3-7-20-22(17)32-13-16(12-30)29(20)23-18(25)6-4-10-27-23/h3-11,14,16,30H,12-13H2,1-2H3,(H,28,31)/t16-/m0/s1. The maximum absolute atomic E-state index is 14.3. The molecule has 0 unspecified atom stereocenters. The third-order valence-corrected chi connectivity index (χ3v) is 5.31. The SMILES string of the molecule is CC(C)Oc1ccc(NC(=O)c2cccc3c2OC[C@H](CO)N3c2ncccc2Cl)cc1F. The molecule has 0 aliphatic carbocycles. The van der Waals surface area contributed by atoms with Crippen molar-refractivity contribution in [2.45, 2.75) is 26.0 Å². The minimum Gasteiger partial charge on any atom is -0.488 e. The van der Waals surface area contributed by atoms with Crippen LogP contribution in [0.1, 0.15) is 24.2 Å².